The number of carbonyl (C=O) groups excluding carboxylic acids is 3. The van der Waals surface area contributed by atoms with E-state index in [0.717, 1.165) is 16.7 Å². The molecular weight excluding hydrogens is 386 g/mol. The third-order valence-corrected chi connectivity index (χ3v) is 5.24. The molecule has 1 heterocycles. The van der Waals surface area contributed by atoms with Gasteiger partial charge in [0.25, 0.3) is 11.8 Å². The lowest BCUT2D eigenvalue weighted by Crippen LogP contribution is -2.33. The number of rotatable bonds is 7. The maximum absolute atomic E-state index is 12.7. The molecule has 2 aromatic carbocycles. The Morgan fingerprint density at radius 1 is 0.897 bits per heavy atom. The van der Waals surface area contributed by atoms with Gasteiger partial charge in [0.2, 0.25) is 5.91 Å². The molecule has 29 heavy (non-hydrogen) atoms. The number of nitrogens with one attached hydrogen (secondary N) is 2. The molecule has 6 nitrogen and oxygen atoms in total. The summed E-state index contributed by atoms with van der Waals surface area (Å²) in [6.45, 7) is 2.16. The van der Waals surface area contributed by atoms with Crippen molar-refractivity contribution >= 4 is 29.1 Å². The molecule has 0 spiro atoms. The molecule has 0 bridgehead atoms. The maximum Gasteiger partial charge on any atom is 0.262 e. The van der Waals surface area contributed by atoms with Crippen LogP contribution in [0.1, 0.15) is 31.2 Å². The summed E-state index contributed by atoms with van der Waals surface area (Å²) in [5.41, 5.74) is 9.38. The third kappa shape index (κ3) is 5.30. The average molecular weight is 407 g/mol. The van der Waals surface area contributed by atoms with Crippen molar-refractivity contribution in [2.24, 2.45) is 5.73 Å². The lowest BCUT2D eigenvalue weighted by atomic mass is 10.0. The second-order valence-electron chi connectivity index (χ2n) is 6.56. The molecule has 0 atom stereocenters. The number of amides is 3. The van der Waals surface area contributed by atoms with Crippen LogP contribution in [0.4, 0.5) is 0 Å². The zero-order chi connectivity index (χ0) is 20.8. The van der Waals surface area contributed by atoms with E-state index in [4.69, 9.17) is 5.73 Å². The van der Waals surface area contributed by atoms with Crippen molar-refractivity contribution in [3.63, 3.8) is 0 Å². The van der Waals surface area contributed by atoms with Crippen LogP contribution in [0, 0.1) is 6.92 Å². The summed E-state index contributed by atoms with van der Waals surface area (Å²) < 4.78 is 0. The summed E-state index contributed by atoms with van der Waals surface area (Å²) in [5.74, 6) is -1.11. The van der Waals surface area contributed by atoms with E-state index in [-0.39, 0.29) is 18.4 Å². The monoisotopic (exact) mass is 407 g/mol. The van der Waals surface area contributed by atoms with Gasteiger partial charge in [-0.1, -0.05) is 42.0 Å². The van der Waals surface area contributed by atoms with E-state index >= 15 is 0 Å². The molecule has 0 saturated carbocycles. The number of benzene rings is 2. The fourth-order valence-electron chi connectivity index (χ4n) is 2.75. The Labute approximate surface area is 172 Å². The summed E-state index contributed by atoms with van der Waals surface area (Å²) >= 11 is 1.40. The van der Waals surface area contributed by atoms with Gasteiger partial charge in [-0.05, 0) is 41.6 Å². The molecule has 3 aromatic rings. The highest BCUT2D eigenvalue weighted by atomic mass is 32.1. The van der Waals surface area contributed by atoms with Crippen molar-refractivity contribution in [1.82, 2.24) is 10.6 Å². The van der Waals surface area contributed by atoms with Crippen LogP contribution in [0.25, 0.3) is 11.1 Å². The normalized spacial score (nSPS) is 10.4. The van der Waals surface area contributed by atoms with Crippen LogP contribution in [0.2, 0.25) is 0 Å². The van der Waals surface area contributed by atoms with E-state index in [0.29, 0.717) is 17.0 Å². The largest absolute Gasteiger partial charge is 0.368 e. The van der Waals surface area contributed by atoms with Gasteiger partial charge in [0, 0.05) is 17.7 Å². The minimum Gasteiger partial charge on any atom is -0.368 e. The fourth-order valence-corrected chi connectivity index (χ4v) is 3.58. The molecule has 4 N–H and O–H groups in total. The summed E-state index contributed by atoms with van der Waals surface area (Å²) in [5, 5.41) is 7.26. The molecular formula is C22H21N3O3S. The SMILES string of the molecule is Cc1ccc(-c2ccsc2C(=O)NCc2ccc(C(=O)NCC(N)=O)cc2)cc1. The van der Waals surface area contributed by atoms with Gasteiger partial charge in [-0.2, -0.15) is 0 Å². The van der Waals surface area contributed by atoms with E-state index in [9.17, 15) is 14.4 Å². The lowest BCUT2D eigenvalue weighted by Gasteiger charge is -2.08. The first kappa shape index (κ1) is 20.3. The number of thiophene rings is 1. The van der Waals surface area contributed by atoms with E-state index in [1.54, 1.807) is 24.3 Å². The second-order valence-corrected chi connectivity index (χ2v) is 7.47. The first-order valence-electron chi connectivity index (χ1n) is 9.02. The van der Waals surface area contributed by atoms with Crippen LogP contribution >= 0.6 is 11.3 Å². The second kappa shape index (κ2) is 9.16. The standard InChI is InChI=1S/C22H21N3O3S/c1-14-2-6-16(7-3-14)18-10-11-29-20(18)22(28)24-12-15-4-8-17(9-5-15)21(27)25-13-19(23)26/h2-11H,12-13H2,1H3,(H2,23,26)(H,24,28)(H,25,27). The minimum absolute atomic E-state index is 0.140. The van der Waals surface area contributed by atoms with Gasteiger partial charge in [-0.3, -0.25) is 14.4 Å². The zero-order valence-electron chi connectivity index (χ0n) is 15.9. The van der Waals surface area contributed by atoms with Crippen LogP contribution in [-0.4, -0.2) is 24.3 Å². The molecule has 0 aliphatic heterocycles. The first-order chi connectivity index (χ1) is 13.9. The zero-order valence-corrected chi connectivity index (χ0v) is 16.7. The number of hydrogen-bond acceptors (Lipinski definition) is 4. The minimum atomic E-state index is -0.601. The molecule has 1 aromatic heterocycles. The van der Waals surface area contributed by atoms with Gasteiger partial charge in [0.15, 0.2) is 0 Å². The van der Waals surface area contributed by atoms with Gasteiger partial charge >= 0.3 is 0 Å². The molecule has 148 valence electrons. The van der Waals surface area contributed by atoms with Gasteiger partial charge in [-0.25, -0.2) is 0 Å². The van der Waals surface area contributed by atoms with Crippen LogP contribution in [0.5, 0.6) is 0 Å². The van der Waals surface area contributed by atoms with Crippen molar-refractivity contribution in [3.8, 4) is 11.1 Å². The van der Waals surface area contributed by atoms with E-state index in [2.05, 4.69) is 10.6 Å². The van der Waals surface area contributed by atoms with Gasteiger partial charge in [0.05, 0.1) is 11.4 Å². The average Bonchev–Trinajstić information content (AvgIpc) is 3.21. The van der Waals surface area contributed by atoms with E-state index in [1.165, 1.54) is 16.9 Å². The number of nitrogens with two attached hydrogens (primary N) is 1. The van der Waals surface area contributed by atoms with Crippen molar-refractivity contribution in [3.05, 3.63) is 81.5 Å². The molecule has 3 amide bonds. The predicted molar refractivity (Wildman–Crippen MR) is 114 cm³/mol. The molecule has 7 heteroatoms. The molecule has 0 radical (unpaired) electrons. The van der Waals surface area contributed by atoms with Gasteiger partial charge in [-0.15, -0.1) is 11.3 Å². The Hall–Kier alpha value is -3.45. The number of primary amides is 1. The third-order valence-electron chi connectivity index (χ3n) is 4.33. The quantitative estimate of drug-likeness (QED) is 0.561. The number of carbonyl (C=O) groups is 3. The lowest BCUT2D eigenvalue weighted by molar-refractivity contribution is -0.117. The van der Waals surface area contributed by atoms with Crippen LogP contribution < -0.4 is 16.4 Å². The summed E-state index contributed by atoms with van der Waals surface area (Å²) in [4.78, 5) is 35.9. The highest BCUT2D eigenvalue weighted by Crippen LogP contribution is 2.28. The predicted octanol–water partition coefficient (Wildman–Crippen LogP) is 2.87. The van der Waals surface area contributed by atoms with Crippen molar-refractivity contribution in [2.45, 2.75) is 13.5 Å². The topological polar surface area (TPSA) is 101 Å². The number of hydrogen-bond donors (Lipinski definition) is 3. The Morgan fingerprint density at radius 2 is 1.59 bits per heavy atom. The van der Waals surface area contributed by atoms with Gasteiger partial charge < -0.3 is 16.4 Å². The molecule has 0 aliphatic carbocycles. The van der Waals surface area contributed by atoms with Crippen molar-refractivity contribution < 1.29 is 14.4 Å². The van der Waals surface area contributed by atoms with Crippen molar-refractivity contribution in [2.75, 3.05) is 6.54 Å². The molecule has 3 rings (SSSR count). The maximum atomic E-state index is 12.7. The fraction of sp³-hybridized carbons (Fsp3) is 0.136. The molecule has 0 saturated heterocycles. The summed E-state index contributed by atoms with van der Waals surface area (Å²) in [6.07, 6.45) is 0. The number of aryl methyl sites for hydroxylation is 1. The highest BCUT2D eigenvalue weighted by molar-refractivity contribution is 7.12. The van der Waals surface area contributed by atoms with Crippen LogP contribution in [-0.2, 0) is 11.3 Å². The Kier molecular flexibility index (Phi) is 6.41. The molecule has 0 fully saturated rings. The molecule has 0 unspecified atom stereocenters. The Morgan fingerprint density at radius 3 is 2.24 bits per heavy atom. The van der Waals surface area contributed by atoms with Crippen LogP contribution in [0.3, 0.4) is 0 Å². The Bertz CT molecular complexity index is 1020. The summed E-state index contributed by atoms with van der Waals surface area (Å²) in [6, 6.07) is 16.8. The smallest absolute Gasteiger partial charge is 0.262 e. The van der Waals surface area contributed by atoms with Gasteiger partial charge in [0.1, 0.15) is 0 Å². The first-order valence-corrected chi connectivity index (χ1v) is 9.90. The molecule has 0 aliphatic rings. The van der Waals surface area contributed by atoms with Crippen molar-refractivity contribution in [1.29, 1.82) is 0 Å². The van der Waals surface area contributed by atoms with Crippen LogP contribution in [0.15, 0.2) is 60.0 Å². The van der Waals surface area contributed by atoms with E-state index in [1.807, 2.05) is 42.6 Å². The summed E-state index contributed by atoms with van der Waals surface area (Å²) in [7, 11) is 0. The Balaban J connectivity index is 1.61. The van der Waals surface area contributed by atoms with E-state index < -0.39 is 5.91 Å². The highest BCUT2D eigenvalue weighted by Gasteiger charge is 2.14.